The van der Waals surface area contributed by atoms with Crippen LogP contribution >= 0.6 is 0 Å². The van der Waals surface area contributed by atoms with Crippen molar-refractivity contribution in [2.45, 2.75) is 6.54 Å². The summed E-state index contributed by atoms with van der Waals surface area (Å²) in [5.41, 5.74) is 1.35. The maximum atomic E-state index is 13.8. The number of aromatic nitrogens is 2. The second-order valence-corrected chi connectivity index (χ2v) is 6.52. The molecule has 4 rings (SSSR count). The summed E-state index contributed by atoms with van der Waals surface area (Å²) >= 11 is 0. The SMILES string of the molecule is O=[N+]([O-])c1ccc(N2CCN(Cc3nnc(-c4ccccc4F)o3)CC2)cc1. The monoisotopic (exact) mass is 383 g/mol. The van der Waals surface area contributed by atoms with Crippen molar-refractivity contribution in [3.63, 3.8) is 0 Å². The minimum atomic E-state index is -0.401. The summed E-state index contributed by atoms with van der Waals surface area (Å²) < 4.78 is 19.5. The highest BCUT2D eigenvalue weighted by atomic mass is 19.1. The van der Waals surface area contributed by atoms with Crippen LogP contribution in [0.5, 0.6) is 0 Å². The van der Waals surface area contributed by atoms with Crippen LogP contribution in [0.4, 0.5) is 15.8 Å². The van der Waals surface area contributed by atoms with Crippen LogP contribution in [0.2, 0.25) is 0 Å². The van der Waals surface area contributed by atoms with Gasteiger partial charge in [0.1, 0.15) is 5.82 Å². The lowest BCUT2D eigenvalue weighted by Gasteiger charge is -2.35. The first-order chi connectivity index (χ1) is 13.6. The predicted molar refractivity (Wildman–Crippen MR) is 100 cm³/mol. The summed E-state index contributed by atoms with van der Waals surface area (Å²) in [5.74, 6) is 0.231. The van der Waals surface area contributed by atoms with Crippen molar-refractivity contribution in [3.8, 4) is 11.5 Å². The van der Waals surface area contributed by atoms with E-state index in [2.05, 4.69) is 20.0 Å². The van der Waals surface area contributed by atoms with Gasteiger partial charge in [0.25, 0.3) is 11.6 Å². The third kappa shape index (κ3) is 3.84. The van der Waals surface area contributed by atoms with Crippen molar-refractivity contribution < 1.29 is 13.7 Å². The Morgan fingerprint density at radius 2 is 1.75 bits per heavy atom. The number of hydrogen-bond acceptors (Lipinski definition) is 7. The van der Waals surface area contributed by atoms with E-state index >= 15 is 0 Å². The first-order valence-corrected chi connectivity index (χ1v) is 8.89. The summed E-state index contributed by atoms with van der Waals surface area (Å²) in [6, 6.07) is 12.9. The second kappa shape index (κ2) is 7.73. The molecule has 0 N–H and O–H groups in total. The highest BCUT2D eigenvalue weighted by Crippen LogP contribution is 2.23. The van der Waals surface area contributed by atoms with Gasteiger partial charge in [-0.3, -0.25) is 15.0 Å². The molecule has 0 unspecified atom stereocenters. The Labute approximate surface area is 160 Å². The van der Waals surface area contributed by atoms with E-state index in [1.54, 1.807) is 30.3 Å². The van der Waals surface area contributed by atoms with E-state index < -0.39 is 10.7 Å². The average Bonchev–Trinajstić information content (AvgIpc) is 3.17. The maximum Gasteiger partial charge on any atom is 0.269 e. The van der Waals surface area contributed by atoms with Gasteiger partial charge < -0.3 is 9.32 Å². The molecular formula is C19H18FN5O3. The quantitative estimate of drug-likeness (QED) is 0.494. The molecule has 0 aliphatic carbocycles. The van der Waals surface area contributed by atoms with Gasteiger partial charge >= 0.3 is 0 Å². The van der Waals surface area contributed by atoms with Crippen LogP contribution in [-0.2, 0) is 6.54 Å². The van der Waals surface area contributed by atoms with Crippen molar-refractivity contribution >= 4 is 11.4 Å². The lowest BCUT2D eigenvalue weighted by Crippen LogP contribution is -2.46. The molecule has 1 aliphatic heterocycles. The van der Waals surface area contributed by atoms with Gasteiger partial charge in [-0.15, -0.1) is 10.2 Å². The molecule has 1 aromatic heterocycles. The van der Waals surface area contributed by atoms with Crippen LogP contribution < -0.4 is 4.90 Å². The summed E-state index contributed by atoms with van der Waals surface area (Å²) in [4.78, 5) is 14.7. The van der Waals surface area contributed by atoms with Crippen molar-refractivity contribution in [3.05, 3.63) is 70.4 Å². The number of anilines is 1. The van der Waals surface area contributed by atoms with E-state index in [1.807, 2.05) is 0 Å². The van der Waals surface area contributed by atoms with Gasteiger partial charge in [0.15, 0.2) is 0 Å². The molecule has 0 atom stereocenters. The largest absolute Gasteiger partial charge is 0.419 e. The van der Waals surface area contributed by atoms with Crippen LogP contribution in [0.15, 0.2) is 52.9 Å². The van der Waals surface area contributed by atoms with Gasteiger partial charge in [-0.1, -0.05) is 12.1 Å². The van der Waals surface area contributed by atoms with Crippen LogP contribution in [0.1, 0.15) is 5.89 Å². The zero-order valence-electron chi connectivity index (χ0n) is 15.0. The van der Waals surface area contributed by atoms with Gasteiger partial charge in [0.05, 0.1) is 17.0 Å². The topological polar surface area (TPSA) is 88.5 Å². The van der Waals surface area contributed by atoms with Crippen molar-refractivity contribution in [1.29, 1.82) is 0 Å². The molecule has 0 radical (unpaired) electrons. The number of nitro benzene ring substituents is 1. The minimum absolute atomic E-state index is 0.0874. The molecule has 1 aliphatic rings. The van der Waals surface area contributed by atoms with Gasteiger partial charge in [-0.25, -0.2) is 4.39 Å². The van der Waals surface area contributed by atoms with Crippen LogP contribution in [0.3, 0.4) is 0 Å². The predicted octanol–water partition coefficient (Wildman–Crippen LogP) is 3.11. The minimum Gasteiger partial charge on any atom is -0.419 e. The first kappa shape index (κ1) is 18.1. The Bertz CT molecular complexity index is 968. The number of halogens is 1. The molecule has 1 saturated heterocycles. The summed E-state index contributed by atoms with van der Waals surface area (Å²) in [6.07, 6.45) is 0. The lowest BCUT2D eigenvalue weighted by atomic mass is 10.2. The molecular weight excluding hydrogens is 365 g/mol. The molecule has 0 bridgehead atoms. The fraction of sp³-hybridized carbons (Fsp3) is 0.263. The smallest absolute Gasteiger partial charge is 0.269 e. The normalized spacial score (nSPS) is 15.0. The van der Waals surface area contributed by atoms with E-state index in [-0.39, 0.29) is 11.6 Å². The molecule has 28 heavy (non-hydrogen) atoms. The highest BCUT2D eigenvalue weighted by molar-refractivity contribution is 5.53. The summed E-state index contributed by atoms with van der Waals surface area (Å²) in [5, 5.41) is 18.7. The van der Waals surface area contributed by atoms with Crippen LogP contribution in [-0.4, -0.2) is 46.2 Å². The Morgan fingerprint density at radius 3 is 2.43 bits per heavy atom. The number of benzene rings is 2. The Balaban J connectivity index is 1.35. The molecule has 0 saturated carbocycles. The molecule has 2 heterocycles. The standard InChI is InChI=1S/C19H18FN5O3/c20-17-4-2-1-3-16(17)19-22-21-18(28-19)13-23-9-11-24(12-10-23)14-5-7-15(8-6-14)25(26)27/h1-8H,9-13H2. The van der Waals surface area contributed by atoms with Gasteiger partial charge in [0, 0.05) is 44.0 Å². The number of nitro groups is 1. The Kier molecular flexibility index (Phi) is 4.98. The highest BCUT2D eigenvalue weighted by Gasteiger charge is 2.20. The van der Waals surface area contributed by atoms with Gasteiger partial charge in [0.2, 0.25) is 5.89 Å². The number of non-ortho nitro benzene ring substituents is 1. The van der Waals surface area contributed by atoms with Crippen LogP contribution in [0.25, 0.3) is 11.5 Å². The third-order valence-corrected chi connectivity index (χ3v) is 4.73. The zero-order valence-corrected chi connectivity index (χ0v) is 15.0. The third-order valence-electron chi connectivity index (χ3n) is 4.73. The van der Waals surface area contributed by atoms with E-state index in [0.717, 1.165) is 31.9 Å². The lowest BCUT2D eigenvalue weighted by molar-refractivity contribution is -0.384. The number of hydrogen-bond donors (Lipinski definition) is 0. The van der Waals surface area contributed by atoms with E-state index in [9.17, 15) is 14.5 Å². The van der Waals surface area contributed by atoms with Gasteiger partial charge in [-0.2, -0.15) is 0 Å². The summed E-state index contributed by atoms with van der Waals surface area (Å²) in [6.45, 7) is 3.64. The average molecular weight is 383 g/mol. The molecule has 9 heteroatoms. The molecule has 0 spiro atoms. The fourth-order valence-electron chi connectivity index (χ4n) is 3.20. The van der Waals surface area contributed by atoms with Crippen molar-refractivity contribution in [2.75, 3.05) is 31.1 Å². The molecule has 8 nitrogen and oxygen atoms in total. The first-order valence-electron chi connectivity index (χ1n) is 8.89. The number of piperazine rings is 1. The van der Waals surface area contributed by atoms with Crippen molar-refractivity contribution in [2.24, 2.45) is 0 Å². The molecule has 144 valence electrons. The van der Waals surface area contributed by atoms with Gasteiger partial charge in [-0.05, 0) is 24.3 Å². The Hall–Kier alpha value is -3.33. The number of rotatable bonds is 5. The van der Waals surface area contributed by atoms with E-state index in [0.29, 0.717) is 18.0 Å². The Morgan fingerprint density at radius 1 is 1.04 bits per heavy atom. The molecule has 0 amide bonds. The molecule has 2 aromatic carbocycles. The molecule has 1 fully saturated rings. The molecule has 3 aromatic rings. The second-order valence-electron chi connectivity index (χ2n) is 6.52. The number of nitrogens with zero attached hydrogens (tertiary/aromatic N) is 5. The van der Waals surface area contributed by atoms with Crippen molar-refractivity contribution in [1.82, 2.24) is 15.1 Å². The summed E-state index contributed by atoms with van der Waals surface area (Å²) in [7, 11) is 0. The fourth-order valence-corrected chi connectivity index (χ4v) is 3.20. The zero-order chi connectivity index (χ0) is 19.5. The van der Waals surface area contributed by atoms with Crippen LogP contribution in [0, 0.1) is 15.9 Å². The maximum absolute atomic E-state index is 13.8. The van der Waals surface area contributed by atoms with E-state index in [4.69, 9.17) is 4.42 Å². The van der Waals surface area contributed by atoms with E-state index in [1.165, 1.54) is 18.2 Å².